The first-order valence-electron chi connectivity index (χ1n) is 11.0. The topological polar surface area (TPSA) is 63.7 Å². The highest BCUT2D eigenvalue weighted by atomic mass is 79.9. The maximum absolute atomic E-state index is 13.2. The Morgan fingerprint density at radius 2 is 1.74 bits per heavy atom. The number of alkyl halides is 1. The molecule has 0 spiro atoms. The Balaban J connectivity index is 1.60. The predicted octanol–water partition coefficient (Wildman–Crippen LogP) is 5.80. The van der Waals surface area contributed by atoms with Gasteiger partial charge in [-0.2, -0.15) is 0 Å². The first kappa shape index (κ1) is 24.2. The molecule has 0 bridgehead atoms. The van der Waals surface area contributed by atoms with Gasteiger partial charge in [0.05, 0.1) is 22.5 Å². The molecule has 1 heterocycles. The molecule has 1 aliphatic heterocycles. The van der Waals surface area contributed by atoms with Crippen LogP contribution in [0, 0.1) is 6.92 Å². The molecule has 176 valence electrons. The lowest BCUT2D eigenvalue weighted by Crippen LogP contribution is -2.30. The number of carbonyl (C=O) groups excluding carboxylic acids is 1. The molecule has 0 unspecified atom stereocenters. The second-order valence-electron chi connectivity index (χ2n) is 8.19. The molecular weight excluding hydrogens is 514 g/mol. The van der Waals surface area contributed by atoms with Crippen LogP contribution in [0.1, 0.15) is 33.5 Å². The Kier molecular flexibility index (Phi) is 7.24. The maximum atomic E-state index is 13.2. The van der Waals surface area contributed by atoms with Gasteiger partial charge in [-0.05, 0) is 72.0 Å². The smallest absolute Gasteiger partial charge is 0.337 e. The zero-order valence-corrected chi connectivity index (χ0v) is 21.5. The van der Waals surface area contributed by atoms with Gasteiger partial charge in [0.2, 0.25) is 9.84 Å². The van der Waals surface area contributed by atoms with Gasteiger partial charge in [-0.25, -0.2) is 13.2 Å². The summed E-state index contributed by atoms with van der Waals surface area (Å²) in [4.78, 5) is 14.6. The molecular formula is C27H26BrNO4S. The molecule has 3 aromatic rings. The van der Waals surface area contributed by atoms with E-state index in [2.05, 4.69) is 26.9 Å². The number of halogens is 1. The molecule has 0 amide bonds. The molecule has 0 N–H and O–H groups in total. The van der Waals surface area contributed by atoms with E-state index < -0.39 is 9.84 Å². The second kappa shape index (κ2) is 10.2. The Bertz CT molecular complexity index is 1330. The van der Waals surface area contributed by atoms with E-state index in [-0.39, 0.29) is 5.97 Å². The molecule has 0 fully saturated rings. The molecule has 0 saturated carbocycles. The van der Waals surface area contributed by atoms with Crippen LogP contribution in [0.5, 0.6) is 0 Å². The van der Waals surface area contributed by atoms with E-state index in [1.807, 2.05) is 25.1 Å². The maximum Gasteiger partial charge on any atom is 0.337 e. The molecule has 0 atom stereocenters. The van der Waals surface area contributed by atoms with Gasteiger partial charge in [-0.3, -0.25) is 0 Å². The van der Waals surface area contributed by atoms with Gasteiger partial charge in [0.25, 0.3) is 0 Å². The van der Waals surface area contributed by atoms with Crippen LogP contribution >= 0.6 is 15.9 Å². The first-order valence-corrected chi connectivity index (χ1v) is 13.6. The van der Waals surface area contributed by atoms with Crippen molar-refractivity contribution in [1.29, 1.82) is 0 Å². The number of carbonyl (C=O) groups is 1. The number of hydrogen-bond acceptors (Lipinski definition) is 5. The molecule has 0 radical (unpaired) electrons. The number of ether oxygens (including phenoxy) is 1. The fraction of sp³-hybridized carbons (Fsp3) is 0.222. The van der Waals surface area contributed by atoms with Crippen LogP contribution in [-0.4, -0.2) is 34.6 Å². The highest BCUT2D eigenvalue weighted by molar-refractivity contribution is 9.08. The molecule has 0 aromatic heterocycles. The van der Waals surface area contributed by atoms with Gasteiger partial charge in [0, 0.05) is 24.1 Å². The Labute approximate surface area is 209 Å². The summed E-state index contributed by atoms with van der Waals surface area (Å²) < 4.78 is 31.1. The molecule has 4 rings (SSSR count). The molecule has 3 aromatic carbocycles. The van der Waals surface area contributed by atoms with E-state index in [4.69, 9.17) is 4.74 Å². The normalized spacial score (nSPS) is 14.0. The van der Waals surface area contributed by atoms with Crippen molar-refractivity contribution in [3.8, 4) is 0 Å². The summed E-state index contributed by atoms with van der Waals surface area (Å²) in [5.74, 6) is -0.342. The minimum absolute atomic E-state index is 0.298. The number of aryl methyl sites for hydroxylation is 1. The second-order valence-corrected chi connectivity index (χ2v) is 10.7. The largest absolute Gasteiger partial charge is 0.465 e. The zero-order valence-electron chi connectivity index (χ0n) is 19.1. The van der Waals surface area contributed by atoms with Crippen LogP contribution in [-0.2, 0) is 19.9 Å². The summed E-state index contributed by atoms with van der Waals surface area (Å²) in [6.45, 7) is 3.51. The summed E-state index contributed by atoms with van der Waals surface area (Å²) in [6, 6.07) is 19.6. The standard InChI is InChI=1S/C27H26BrNO4S/c1-19-16-25(34(31,32)24-6-4-3-5-7-24)17-23(18-28)26(19)29-14-12-21(13-15-29)20-8-10-22(11-9-20)27(30)33-2/h3-12,16-17H,13-15,18H2,1-2H3. The average molecular weight is 540 g/mol. The molecule has 0 aliphatic carbocycles. The number of anilines is 1. The summed E-state index contributed by atoms with van der Waals surface area (Å²) in [7, 11) is -2.21. The van der Waals surface area contributed by atoms with Crippen molar-refractivity contribution >= 4 is 43.0 Å². The van der Waals surface area contributed by atoms with Crippen molar-refractivity contribution in [2.45, 2.75) is 28.5 Å². The third-order valence-corrected chi connectivity index (χ3v) is 8.42. The summed E-state index contributed by atoms with van der Waals surface area (Å²) in [5.41, 5.74) is 5.81. The number of benzene rings is 3. The number of hydrogen-bond donors (Lipinski definition) is 0. The number of esters is 1. The third-order valence-electron chi connectivity index (χ3n) is 6.06. The predicted molar refractivity (Wildman–Crippen MR) is 138 cm³/mol. The quantitative estimate of drug-likeness (QED) is 0.292. The van der Waals surface area contributed by atoms with Gasteiger partial charge in [0.15, 0.2) is 0 Å². The highest BCUT2D eigenvalue weighted by Gasteiger charge is 2.23. The van der Waals surface area contributed by atoms with Crippen LogP contribution in [0.3, 0.4) is 0 Å². The van der Waals surface area contributed by atoms with Gasteiger partial charge >= 0.3 is 5.97 Å². The zero-order chi connectivity index (χ0) is 24.3. The third kappa shape index (κ3) is 4.81. The Hall–Kier alpha value is -2.90. The van der Waals surface area contributed by atoms with Crippen molar-refractivity contribution in [3.05, 3.63) is 95.1 Å². The SMILES string of the molecule is COC(=O)c1ccc(C2=CCN(c3c(C)cc(S(=O)(=O)c4ccccc4)cc3CBr)CC2)cc1. The van der Waals surface area contributed by atoms with Crippen LogP contribution in [0.4, 0.5) is 5.69 Å². The summed E-state index contributed by atoms with van der Waals surface area (Å²) in [5, 5.41) is 0.559. The van der Waals surface area contributed by atoms with E-state index in [1.54, 1.807) is 48.5 Å². The number of sulfone groups is 1. The van der Waals surface area contributed by atoms with Gasteiger partial charge in [-0.15, -0.1) is 0 Å². The van der Waals surface area contributed by atoms with Crippen molar-refractivity contribution in [3.63, 3.8) is 0 Å². The molecule has 34 heavy (non-hydrogen) atoms. The van der Waals surface area contributed by atoms with Crippen molar-refractivity contribution < 1.29 is 17.9 Å². The van der Waals surface area contributed by atoms with Crippen LogP contribution < -0.4 is 4.90 Å². The highest BCUT2D eigenvalue weighted by Crippen LogP contribution is 2.35. The lowest BCUT2D eigenvalue weighted by Gasteiger charge is -2.32. The Morgan fingerprint density at radius 3 is 2.32 bits per heavy atom. The minimum Gasteiger partial charge on any atom is -0.465 e. The van der Waals surface area contributed by atoms with E-state index in [0.717, 1.165) is 41.9 Å². The van der Waals surface area contributed by atoms with Gasteiger partial charge in [0.1, 0.15) is 0 Å². The van der Waals surface area contributed by atoms with Crippen molar-refractivity contribution in [2.24, 2.45) is 0 Å². The van der Waals surface area contributed by atoms with E-state index in [9.17, 15) is 13.2 Å². The lowest BCUT2D eigenvalue weighted by molar-refractivity contribution is 0.0600. The van der Waals surface area contributed by atoms with E-state index >= 15 is 0 Å². The van der Waals surface area contributed by atoms with Crippen LogP contribution in [0.15, 0.2) is 82.6 Å². The first-order chi connectivity index (χ1) is 16.3. The molecule has 1 aliphatic rings. The van der Waals surface area contributed by atoms with Gasteiger partial charge < -0.3 is 9.64 Å². The molecule has 5 nitrogen and oxygen atoms in total. The lowest BCUT2D eigenvalue weighted by atomic mass is 9.97. The van der Waals surface area contributed by atoms with E-state index in [1.165, 1.54) is 12.7 Å². The number of nitrogens with zero attached hydrogens (tertiary/aromatic N) is 1. The average Bonchev–Trinajstić information content (AvgIpc) is 2.88. The van der Waals surface area contributed by atoms with Gasteiger partial charge in [-0.1, -0.05) is 52.3 Å². The van der Waals surface area contributed by atoms with Crippen molar-refractivity contribution in [2.75, 3.05) is 25.1 Å². The number of methoxy groups -OCH3 is 1. The monoisotopic (exact) mass is 539 g/mol. The Morgan fingerprint density at radius 1 is 1.03 bits per heavy atom. The van der Waals surface area contributed by atoms with Crippen LogP contribution in [0.25, 0.3) is 5.57 Å². The summed E-state index contributed by atoms with van der Waals surface area (Å²) >= 11 is 3.56. The van der Waals surface area contributed by atoms with E-state index in [0.29, 0.717) is 20.7 Å². The fourth-order valence-corrected chi connectivity index (χ4v) is 6.18. The number of rotatable bonds is 6. The fourth-order valence-electron chi connectivity index (χ4n) is 4.33. The summed E-state index contributed by atoms with van der Waals surface area (Å²) in [6.07, 6.45) is 3.05. The molecule has 0 saturated heterocycles. The molecule has 7 heteroatoms. The van der Waals surface area contributed by atoms with Crippen molar-refractivity contribution in [1.82, 2.24) is 0 Å². The minimum atomic E-state index is -3.58. The van der Waals surface area contributed by atoms with Crippen LogP contribution in [0.2, 0.25) is 0 Å².